The Hall–Kier alpha value is -1.94. The first-order chi connectivity index (χ1) is 10.1. The summed E-state index contributed by atoms with van der Waals surface area (Å²) in [7, 11) is 0. The van der Waals surface area contributed by atoms with Crippen molar-refractivity contribution in [3.63, 3.8) is 0 Å². The fraction of sp³-hybridized carbons (Fsp3) is 0.294. The summed E-state index contributed by atoms with van der Waals surface area (Å²) in [6.07, 6.45) is 0.832. The van der Waals surface area contributed by atoms with Gasteiger partial charge >= 0.3 is 0 Å². The van der Waals surface area contributed by atoms with Crippen molar-refractivity contribution in [1.29, 1.82) is 0 Å². The van der Waals surface area contributed by atoms with Crippen LogP contribution in [0.5, 0.6) is 5.75 Å². The van der Waals surface area contributed by atoms with Gasteiger partial charge in [0.05, 0.1) is 6.61 Å². The minimum absolute atomic E-state index is 0.122. The van der Waals surface area contributed by atoms with Crippen molar-refractivity contribution in [2.45, 2.75) is 25.4 Å². The van der Waals surface area contributed by atoms with E-state index in [1.165, 1.54) is 12.1 Å². The summed E-state index contributed by atoms with van der Waals surface area (Å²) in [5.41, 5.74) is 1.70. The van der Waals surface area contributed by atoms with Crippen LogP contribution in [-0.4, -0.2) is 6.61 Å². The number of hydrogen-bond donors (Lipinski definition) is 1. The van der Waals surface area contributed by atoms with Crippen LogP contribution in [0.4, 0.5) is 8.78 Å². The van der Waals surface area contributed by atoms with Crippen LogP contribution in [0.15, 0.2) is 42.5 Å². The van der Waals surface area contributed by atoms with Crippen molar-refractivity contribution in [2.24, 2.45) is 0 Å². The Morgan fingerprint density at radius 1 is 1.14 bits per heavy atom. The average molecular weight is 289 g/mol. The molecule has 2 unspecified atom stereocenters. The summed E-state index contributed by atoms with van der Waals surface area (Å²) in [6.45, 7) is 2.55. The van der Waals surface area contributed by atoms with E-state index in [-0.39, 0.29) is 12.1 Å². The Morgan fingerprint density at radius 2 is 1.86 bits per heavy atom. The van der Waals surface area contributed by atoms with Crippen LogP contribution in [0.1, 0.15) is 36.6 Å². The molecule has 2 nitrogen and oxygen atoms in total. The van der Waals surface area contributed by atoms with Crippen LogP contribution in [0.25, 0.3) is 0 Å². The fourth-order valence-electron chi connectivity index (χ4n) is 2.74. The molecule has 1 aliphatic rings. The zero-order valence-electron chi connectivity index (χ0n) is 11.8. The first-order valence-electron chi connectivity index (χ1n) is 7.07. The zero-order valence-corrected chi connectivity index (χ0v) is 11.8. The Labute approximate surface area is 122 Å². The molecule has 0 spiro atoms. The summed E-state index contributed by atoms with van der Waals surface area (Å²) in [6, 6.07) is 11.5. The highest BCUT2D eigenvalue weighted by atomic mass is 19.1. The largest absolute Gasteiger partial charge is 0.493 e. The van der Waals surface area contributed by atoms with E-state index >= 15 is 0 Å². The van der Waals surface area contributed by atoms with Gasteiger partial charge in [0.2, 0.25) is 0 Å². The first kappa shape index (κ1) is 14.0. The van der Waals surface area contributed by atoms with Crippen LogP contribution < -0.4 is 10.1 Å². The lowest BCUT2D eigenvalue weighted by Gasteiger charge is -2.29. The van der Waals surface area contributed by atoms with Gasteiger partial charge in [-0.15, -0.1) is 0 Å². The van der Waals surface area contributed by atoms with Gasteiger partial charge in [0, 0.05) is 30.1 Å². The third-order valence-electron chi connectivity index (χ3n) is 3.79. The van der Waals surface area contributed by atoms with Crippen LogP contribution in [0.3, 0.4) is 0 Å². The molecule has 1 N–H and O–H groups in total. The lowest BCUT2D eigenvalue weighted by Crippen LogP contribution is -2.29. The number of halogens is 2. The SMILES string of the molecule is CC(NC1CCOc2ccccc21)c1cc(F)cc(F)c1. The number of benzene rings is 2. The summed E-state index contributed by atoms with van der Waals surface area (Å²) < 4.78 is 32.3. The van der Waals surface area contributed by atoms with E-state index in [2.05, 4.69) is 5.32 Å². The van der Waals surface area contributed by atoms with Gasteiger partial charge in [-0.1, -0.05) is 18.2 Å². The van der Waals surface area contributed by atoms with Crippen LogP contribution in [0.2, 0.25) is 0 Å². The van der Waals surface area contributed by atoms with E-state index in [4.69, 9.17) is 4.74 Å². The van der Waals surface area contributed by atoms with Crippen LogP contribution in [0, 0.1) is 11.6 Å². The molecule has 0 aliphatic carbocycles. The summed E-state index contributed by atoms with van der Waals surface area (Å²) in [4.78, 5) is 0. The van der Waals surface area contributed by atoms with Gasteiger partial charge in [0.1, 0.15) is 17.4 Å². The Morgan fingerprint density at radius 3 is 2.62 bits per heavy atom. The number of nitrogens with one attached hydrogen (secondary N) is 1. The molecule has 0 saturated heterocycles. The average Bonchev–Trinajstić information content (AvgIpc) is 2.46. The molecule has 0 amide bonds. The highest BCUT2D eigenvalue weighted by Gasteiger charge is 2.23. The van der Waals surface area contributed by atoms with E-state index in [1.807, 2.05) is 31.2 Å². The maximum Gasteiger partial charge on any atom is 0.126 e. The smallest absolute Gasteiger partial charge is 0.126 e. The van der Waals surface area contributed by atoms with Crippen molar-refractivity contribution >= 4 is 0 Å². The van der Waals surface area contributed by atoms with Gasteiger partial charge in [-0.2, -0.15) is 0 Å². The lowest BCUT2D eigenvalue weighted by molar-refractivity contribution is 0.246. The highest BCUT2D eigenvalue weighted by Crippen LogP contribution is 2.33. The molecule has 3 rings (SSSR count). The zero-order chi connectivity index (χ0) is 14.8. The third kappa shape index (κ3) is 3.05. The lowest BCUT2D eigenvalue weighted by atomic mass is 9.98. The van der Waals surface area contributed by atoms with E-state index in [1.54, 1.807) is 0 Å². The molecular weight excluding hydrogens is 272 g/mol. The number of hydrogen-bond acceptors (Lipinski definition) is 2. The van der Waals surface area contributed by atoms with Crippen LogP contribution in [-0.2, 0) is 0 Å². The molecule has 4 heteroatoms. The van der Waals surface area contributed by atoms with Crippen molar-refractivity contribution < 1.29 is 13.5 Å². The van der Waals surface area contributed by atoms with Crippen molar-refractivity contribution in [3.8, 4) is 5.75 Å². The summed E-state index contributed by atoms with van der Waals surface area (Å²) in [5.74, 6) is -0.226. The minimum atomic E-state index is -0.550. The van der Waals surface area contributed by atoms with E-state index in [9.17, 15) is 8.78 Å². The molecule has 1 heterocycles. The second kappa shape index (κ2) is 5.82. The van der Waals surface area contributed by atoms with Gasteiger partial charge in [-0.3, -0.25) is 0 Å². The monoisotopic (exact) mass is 289 g/mol. The van der Waals surface area contributed by atoms with Gasteiger partial charge in [0.15, 0.2) is 0 Å². The molecule has 110 valence electrons. The molecule has 0 radical (unpaired) electrons. The number of rotatable bonds is 3. The molecular formula is C17H17F2NO. The topological polar surface area (TPSA) is 21.3 Å². The predicted molar refractivity (Wildman–Crippen MR) is 77.2 cm³/mol. The molecule has 0 aromatic heterocycles. The molecule has 0 fully saturated rings. The number of fused-ring (bicyclic) bond motifs is 1. The summed E-state index contributed by atoms with van der Waals surface area (Å²) in [5, 5.41) is 3.43. The fourth-order valence-corrected chi connectivity index (χ4v) is 2.74. The van der Waals surface area contributed by atoms with Crippen molar-refractivity contribution in [1.82, 2.24) is 5.32 Å². The summed E-state index contributed by atoms with van der Waals surface area (Å²) >= 11 is 0. The van der Waals surface area contributed by atoms with E-state index in [0.717, 1.165) is 23.8 Å². The van der Waals surface area contributed by atoms with E-state index < -0.39 is 11.6 Å². The Bertz CT molecular complexity index is 624. The first-order valence-corrected chi connectivity index (χ1v) is 7.07. The highest BCUT2D eigenvalue weighted by molar-refractivity contribution is 5.37. The quantitative estimate of drug-likeness (QED) is 0.917. The molecule has 0 bridgehead atoms. The Balaban J connectivity index is 1.81. The molecule has 2 atom stereocenters. The second-order valence-electron chi connectivity index (χ2n) is 5.32. The second-order valence-corrected chi connectivity index (χ2v) is 5.32. The van der Waals surface area contributed by atoms with Gasteiger partial charge in [0.25, 0.3) is 0 Å². The minimum Gasteiger partial charge on any atom is -0.493 e. The van der Waals surface area contributed by atoms with Gasteiger partial charge in [-0.25, -0.2) is 8.78 Å². The van der Waals surface area contributed by atoms with Crippen LogP contribution >= 0.6 is 0 Å². The predicted octanol–water partition coefficient (Wildman–Crippen LogP) is 4.14. The van der Waals surface area contributed by atoms with Gasteiger partial charge < -0.3 is 10.1 Å². The molecule has 1 aliphatic heterocycles. The molecule has 0 saturated carbocycles. The van der Waals surface area contributed by atoms with Crippen molar-refractivity contribution in [2.75, 3.05) is 6.61 Å². The molecule has 2 aromatic rings. The molecule has 2 aromatic carbocycles. The maximum atomic E-state index is 13.3. The number of para-hydroxylation sites is 1. The van der Waals surface area contributed by atoms with E-state index in [0.29, 0.717) is 12.2 Å². The third-order valence-corrected chi connectivity index (χ3v) is 3.79. The maximum absolute atomic E-state index is 13.3. The number of ether oxygens (including phenoxy) is 1. The Kier molecular flexibility index (Phi) is 3.88. The molecule has 21 heavy (non-hydrogen) atoms. The van der Waals surface area contributed by atoms with Gasteiger partial charge in [-0.05, 0) is 30.7 Å². The normalized spacial score (nSPS) is 18.7. The standard InChI is InChI=1S/C17H17F2NO/c1-11(12-8-13(18)10-14(19)9-12)20-16-6-7-21-17-5-3-2-4-15(16)17/h2-5,8-11,16,20H,6-7H2,1H3. The van der Waals surface area contributed by atoms with Crippen molar-refractivity contribution in [3.05, 3.63) is 65.2 Å².